The van der Waals surface area contributed by atoms with Gasteiger partial charge in [0, 0.05) is 5.69 Å². The minimum absolute atomic E-state index is 0.0286. The van der Waals surface area contributed by atoms with E-state index in [1.54, 1.807) is 31.3 Å². The van der Waals surface area contributed by atoms with Crippen molar-refractivity contribution in [2.24, 2.45) is 5.73 Å². The fourth-order valence-corrected chi connectivity index (χ4v) is 1.40. The molecule has 0 saturated carbocycles. The number of hydrogen-bond acceptors (Lipinski definition) is 4. The Morgan fingerprint density at radius 2 is 1.94 bits per heavy atom. The number of nitriles is 1. The van der Waals surface area contributed by atoms with Gasteiger partial charge in [-0.3, -0.25) is 14.5 Å². The van der Waals surface area contributed by atoms with Crippen molar-refractivity contribution in [2.75, 3.05) is 25.5 Å². The van der Waals surface area contributed by atoms with Gasteiger partial charge in [-0.2, -0.15) is 5.26 Å². The van der Waals surface area contributed by atoms with Crippen LogP contribution in [0, 0.1) is 11.3 Å². The van der Waals surface area contributed by atoms with Crippen LogP contribution in [-0.4, -0.2) is 36.9 Å². The second-order valence-electron chi connectivity index (χ2n) is 3.88. The van der Waals surface area contributed by atoms with Crippen LogP contribution in [0.2, 0.25) is 0 Å². The Morgan fingerprint density at radius 3 is 2.44 bits per heavy atom. The molecule has 1 rings (SSSR count). The van der Waals surface area contributed by atoms with E-state index in [1.165, 1.54) is 4.90 Å². The molecule has 0 saturated heterocycles. The average Bonchev–Trinajstić information content (AvgIpc) is 2.28. The first-order chi connectivity index (χ1) is 8.51. The number of nitrogens with one attached hydrogen (secondary N) is 1. The SMILES string of the molecule is CN(CC(N)=O)CC(=O)Nc1ccc(C#N)cc1. The van der Waals surface area contributed by atoms with Crippen molar-refractivity contribution in [3.8, 4) is 6.07 Å². The van der Waals surface area contributed by atoms with E-state index in [0.29, 0.717) is 11.3 Å². The van der Waals surface area contributed by atoms with Crippen LogP contribution in [0.5, 0.6) is 0 Å². The molecule has 0 fully saturated rings. The zero-order chi connectivity index (χ0) is 13.5. The molecule has 0 aliphatic carbocycles. The maximum absolute atomic E-state index is 11.6. The highest BCUT2D eigenvalue weighted by Crippen LogP contribution is 2.08. The molecule has 6 nitrogen and oxygen atoms in total. The third kappa shape index (κ3) is 4.63. The van der Waals surface area contributed by atoms with E-state index < -0.39 is 5.91 Å². The second kappa shape index (κ2) is 6.37. The molecule has 0 radical (unpaired) electrons. The molecule has 6 heteroatoms. The minimum atomic E-state index is -0.483. The summed E-state index contributed by atoms with van der Waals surface area (Å²) in [5, 5.41) is 11.3. The fourth-order valence-electron chi connectivity index (χ4n) is 1.40. The number of anilines is 1. The molecule has 0 atom stereocenters. The largest absolute Gasteiger partial charge is 0.369 e. The standard InChI is InChI=1S/C12H14N4O2/c1-16(7-11(14)17)8-12(18)15-10-4-2-9(6-13)3-5-10/h2-5H,7-8H2,1H3,(H2,14,17)(H,15,18). The number of nitrogens with zero attached hydrogens (tertiary/aromatic N) is 2. The first-order valence-corrected chi connectivity index (χ1v) is 5.28. The maximum Gasteiger partial charge on any atom is 0.238 e. The van der Waals surface area contributed by atoms with Crippen molar-refractivity contribution in [2.45, 2.75) is 0 Å². The lowest BCUT2D eigenvalue weighted by Gasteiger charge is -2.14. The Bertz CT molecular complexity index is 476. The van der Waals surface area contributed by atoms with Crippen molar-refractivity contribution in [3.63, 3.8) is 0 Å². The molecule has 94 valence electrons. The van der Waals surface area contributed by atoms with E-state index in [4.69, 9.17) is 11.0 Å². The summed E-state index contributed by atoms with van der Waals surface area (Å²) in [6.07, 6.45) is 0. The summed E-state index contributed by atoms with van der Waals surface area (Å²) in [7, 11) is 1.63. The molecule has 18 heavy (non-hydrogen) atoms. The predicted molar refractivity (Wildman–Crippen MR) is 66.5 cm³/mol. The van der Waals surface area contributed by atoms with Gasteiger partial charge in [0.25, 0.3) is 0 Å². The number of benzene rings is 1. The summed E-state index contributed by atoms with van der Waals surface area (Å²) < 4.78 is 0. The molecular weight excluding hydrogens is 232 g/mol. The Morgan fingerprint density at radius 1 is 1.33 bits per heavy atom. The molecule has 0 bridgehead atoms. The highest BCUT2D eigenvalue weighted by atomic mass is 16.2. The number of likely N-dealkylation sites (N-methyl/N-ethyl adjacent to an activating group) is 1. The van der Waals surface area contributed by atoms with Gasteiger partial charge in [0.05, 0.1) is 24.7 Å². The monoisotopic (exact) mass is 246 g/mol. The molecule has 1 aromatic carbocycles. The van der Waals surface area contributed by atoms with Crippen LogP contribution in [0.3, 0.4) is 0 Å². The normalized spacial score (nSPS) is 9.83. The second-order valence-corrected chi connectivity index (χ2v) is 3.88. The smallest absolute Gasteiger partial charge is 0.238 e. The van der Waals surface area contributed by atoms with Gasteiger partial charge in [-0.15, -0.1) is 0 Å². The Labute approximate surface area is 105 Å². The molecule has 0 spiro atoms. The lowest BCUT2D eigenvalue weighted by molar-refractivity contribution is -0.120. The lowest BCUT2D eigenvalue weighted by Crippen LogP contribution is -2.36. The highest BCUT2D eigenvalue weighted by Gasteiger charge is 2.08. The maximum atomic E-state index is 11.6. The number of amides is 2. The molecule has 0 aromatic heterocycles. The van der Waals surface area contributed by atoms with Crippen LogP contribution in [0.4, 0.5) is 5.69 Å². The molecule has 3 N–H and O–H groups in total. The molecule has 0 unspecified atom stereocenters. The number of carbonyl (C=O) groups is 2. The Hall–Kier alpha value is -2.39. The van der Waals surface area contributed by atoms with Crippen molar-refractivity contribution in [3.05, 3.63) is 29.8 Å². The number of hydrogen-bond donors (Lipinski definition) is 2. The minimum Gasteiger partial charge on any atom is -0.369 e. The molecular formula is C12H14N4O2. The number of carbonyl (C=O) groups excluding carboxylic acids is 2. The predicted octanol–water partition coefficient (Wildman–Crippen LogP) is -0.0861. The topological polar surface area (TPSA) is 99.2 Å². The Kier molecular flexibility index (Phi) is 4.84. The Balaban J connectivity index is 2.49. The van der Waals surface area contributed by atoms with E-state index in [-0.39, 0.29) is 19.0 Å². The summed E-state index contributed by atoms with van der Waals surface area (Å²) >= 11 is 0. The summed E-state index contributed by atoms with van der Waals surface area (Å²) in [6.45, 7) is 0.101. The van der Waals surface area contributed by atoms with Crippen LogP contribution < -0.4 is 11.1 Å². The summed E-state index contributed by atoms with van der Waals surface area (Å²) in [6, 6.07) is 8.50. The van der Waals surface area contributed by atoms with Gasteiger partial charge in [-0.25, -0.2) is 0 Å². The lowest BCUT2D eigenvalue weighted by atomic mass is 10.2. The van der Waals surface area contributed by atoms with Gasteiger partial charge >= 0.3 is 0 Å². The van der Waals surface area contributed by atoms with Gasteiger partial charge in [0.1, 0.15) is 0 Å². The van der Waals surface area contributed by atoms with Crippen molar-refractivity contribution in [1.82, 2.24) is 4.90 Å². The van der Waals surface area contributed by atoms with E-state index in [0.717, 1.165) is 0 Å². The van der Waals surface area contributed by atoms with Crippen LogP contribution >= 0.6 is 0 Å². The van der Waals surface area contributed by atoms with Gasteiger partial charge in [-0.1, -0.05) is 0 Å². The van der Waals surface area contributed by atoms with Crippen molar-refractivity contribution in [1.29, 1.82) is 5.26 Å². The highest BCUT2D eigenvalue weighted by molar-refractivity contribution is 5.92. The summed E-state index contributed by atoms with van der Waals surface area (Å²) in [5.41, 5.74) is 6.14. The third-order valence-electron chi connectivity index (χ3n) is 2.14. The average molecular weight is 246 g/mol. The van der Waals surface area contributed by atoms with E-state index in [1.807, 2.05) is 6.07 Å². The number of primary amides is 1. The van der Waals surface area contributed by atoms with Crippen LogP contribution in [0.1, 0.15) is 5.56 Å². The summed E-state index contributed by atoms with van der Waals surface area (Å²) in [4.78, 5) is 23.7. The summed E-state index contributed by atoms with van der Waals surface area (Å²) in [5.74, 6) is -0.730. The van der Waals surface area contributed by atoms with Crippen molar-refractivity contribution >= 4 is 17.5 Å². The molecule has 0 heterocycles. The van der Waals surface area contributed by atoms with Gasteiger partial charge in [0.15, 0.2) is 0 Å². The van der Waals surface area contributed by atoms with Gasteiger partial charge in [-0.05, 0) is 31.3 Å². The van der Waals surface area contributed by atoms with Crippen molar-refractivity contribution < 1.29 is 9.59 Å². The van der Waals surface area contributed by atoms with Crippen LogP contribution in [0.25, 0.3) is 0 Å². The first-order valence-electron chi connectivity index (χ1n) is 5.28. The van der Waals surface area contributed by atoms with Crippen LogP contribution in [0.15, 0.2) is 24.3 Å². The zero-order valence-electron chi connectivity index (χ0n) is 10.0. The third-order valence-corrected chi connectivity index (χ3v) is 2.14. The van der Waals surface area contributed by atoms with E-state index in [9.17, 15) is 9.59 Å². The number of rotatable bonds is 5. The fraction of sp³-hybridized carbons (Fsp3) is 0.250. The van der Waals surface area contributed by atoms with Crippen LogP contribution in [-0.2, 0) is 9.59 Å². The number of nitrogens with two attached hydrogens (primary N) is 1. The van der Waals surface area contributed by atoms with Gasteiger partial charge in [0.2, 0.25) is 11.8 Å². The molecule has 0 aliphatic heterocycles. The first kappa shape index (κ1) is 13.7. The van der Waals surface area contributed by atoms with E-state index >= 15 is 0 Å². The molecule has 2 amide bonds. The molecule has 0 aliphatic rings. The van der Waals surface area contributed by atoms with Gasteiger partial charge < -0.3 is 11.1 Å². The quantitative estimate of drug-likeness (QED) is 0.758. The van der Waals surface area contributed by atoms with E-state index in [2.05, 4.69) is 5.32 Å². The molecule has 1 aromatic rings. The zero-order valence-corrected chi connectivity index (χ0v) is 10.0.